The van der Waals surface area contributed by atoms with Crippen LogP contribution in [0.5, 0.6) is 0 Å². The Morgan fingerprint density at radius 2 is 1.63 bits per heavy atom. The number of fused-ring (bicyclic) bond motifs is 2. The fourth-order valence-corrected chi connectivity index (χ4v) is 6.43. The number of rotatable bonds is 5. The highest BCUT2D eigenvalue weighted by Gasteiger charge is 2.30. The van der Waals surface area contributed by atoms with Crippen molar-refractivity contribution >= 4 is 39.5 Å². The lowest BCUT2D eigenvalue weighted by molar-refractivity contribution is 0.0828. The van der Waals surface area contributed by atoms with Crippen LogP contribution in [0.25, 0.3) is 33.2 Å². The van der Waals surface area contributed by atoms with Crippen LogP contribution in [0, 0.1) is 11.6 Å². The quantitative estimate of drug-likeness (QED) is 0.269. The predicted octanol–water partition coefficient (Wildman–Crippen LogP) is 5.31. The Labute approximate surface area is 236 Å². The zero-order valence-electron chi connectivity index (χ0n) is 22.9. The number of hydrogen-bond donors (Lipinski definition) is 3. The van der Waals surface area contributed by atoms with Crippen LogP contribution in [-0.4, -0.2) is 73.6 Å². The van der Waals surface area contributed by atoms with E-state index in [4.69, 9.17) is 5.73 Å². The van der Waals surface area contributed by atoms with Crippen molar-refractivity contribution in [3.05, 3.63) is 60.6 Å². The molecule has 1 aliphatic heterocycles. The Kier molecular flexibility index (Phi) is 6.55. The molecular weight excluding hydrogens is 524 g/mol. The Morgan fingerprint density at radius 3 is 2.39 bits per heavy atom. The van der Waals surface area contributed by atoms with Gasteiger partial charge in [0, 0.05) is 67.8 Å². The SMILES string of the molecule is CN1CCN(C2CCC(n3cc(-c4ccc(Nc5nc6cc(F)c(F)cc6[nH]5)cc4)c4c(N)ncnc43)CC2)CC1. The molecule has 2 aromatic carbocycles. The maximum atomic E-state index is 13.6. The highest BCUT2D eigenvalue weighted by molar-refractivity contribution is 6.00. The summed E-state index contributed by atoms with van der Waals surface area (Å²) in [7, 11) is 2.20. The molecule has 212 valence electrons. The Bertz CT molecular complexity index is 1660. The number of anilines is 3. The number of likely N-dealkylation sites (N-methyl/N-ethyl adjacent to an activating group) is 1. The molecule has 0 spiro atoms. The van der Waals surface area contributed by atoms with Crippen LogP contribution >= 0.6 is 0 Å². The lowest BCUT2D eigenvalue weighted by atomic mass is 9.89. The smallest absolute Gasteiger partial charge is 0.205 e. The number of imidazole rings is 1. The van der Waals surface area contributed by atoms with E-state index in [1.165, 1.54) is 12.8 Å². The standard InChI is InChI=1S/C30H33F2N9/c1-39-10-12-40(13-11-39)20-6-8-21(9-7-20)41-16-22(27-28(33)34-17-35-29(27)41)18-2-4-19(5-3-18)36-30-37-25-14-23(31)24(32)15-26(25)38-30/h2-5,14-17,20-21H,6-13H2,1H3,(H2,33,34,35)(H2,36,37,38). The molecule has 7 rings (SSSR count). The highest BCUT2D eigenvalue weighted by atomic mass is 19.2. The average Bonchev–Trinajstić information content (AvgIpc) is 3.56. The van der Waals surface area contributed by atoms with Crippen LogP contribution in [0.15, 0.2) is 48.9 Å². The second kappa shape index (κ2) is 10.4. The monoisotopic (exact) mass is 557 g/mol. The number of nitrogens with one attached hydrogen (secondary N) is 2. The Hall–Kier alpha value is -4.09. The molecule has 2 fully saturated rings. The van der Waals surface area contributed by atoms with Crippen LogP contribution in [0.4, 0.5) is 26.2 Å². The first-order valence-corrected chi connectivity index (χ1v) is 14.2. The van der Waals surface area contributed by atoms with Crippen LogP contribution in [0.3, 0.4) is 0 Å². The fourth-order valence-electron chi connectivity index (χ4n) is 6.43. The van der Waals surface area contributed by atoms with Gasteiger partial charge >= 0.3 is 0 Å². The summed E-state index contributed by atoms with van der Waals surface area (Å²) < 4.78 is 29.5. The van der Waals surface area contributed by atoms with Crippen molar-refractivity contribution in [1.82, 2.24) is 34.3 Å². The van der Waals surface area contributed by atoms with Gasteiger partial charge in [-0.15, -0.1) is 0 Å². The van der Waals surface area contributed by atoms with E-state index in [-0.39, 0.29) is 0 Å². The third-order valence-corrected chi connectivity index (χ3v) is 8.74. The second-order valence-corrected chi connectivity index (χ2v) is 11.3. The van der Waals surface area contributed by atoms with Gasteiger partial charge in [0.05, 0.1) is 16.4 Å². The molecule has 0 radical (unpaired) electrons. The topological polar surface area (TPSA) is 104 Å². The van der Waals surface area contributed by atoms with Gasteiger partial charge in [0.1, 0.15) is 17.8 Å². The van der Waals surface area contributed by atoms with E-state index < -0.39 is 11.6 Å². The first kappa shape index (κ1) is 25.8. The molecule has 11 heteroatoms. The minimum absolute atomic E-state index is 0.351. The third kappa shape index (κ3) is 4.89. The minimum atomic E-state index is -0.926. The second-order valence-electron chi connectivity index (χ2n) is 11.3. The van der Waals surface area contributed by atoms with E-state index in [0.29, 0.717) is 34.9 Å². The first-order valence-electron chi connectivity index (χ1n) is 14.2. The molecule has 5 aromatic rings. The largest absolute Gasteiger partial charge is 0.383 e. The van der Waals surface area contributed by atoms with Crippen LogP contribution in [0.2, 0.25) is 0 Å². The van der Waals surface area contributed by atoms with Gasteiger partial charge in [-0.25, -0.2) is 23.7 Å². The van der Waals surface area contributed by atoms with E-state index >= 15 is 0 Å². The predicted molar refractivity (Wildman–Crippen MR) is 157 cm³/mol. The van der Waals surface area contributed by atoms with Crippen LogP contribution in [0.1, 0.15) is 31.7 Å². The van der Waals surface area contributed by atoms with Crippen molar-refractivity contribution in [2.24, 2.45) is 0 Å². The molecule has 0 unspecified atom stereocenters. The summed E-state index contributed by atoms with van der Waals surface area (Å²) in [5.74, 6) is -0.967. The number of nitrogen functional groups attached to an aromatic ring is 1. The van der Waals surface area contributed by atoms with E-state index in [1.54, 1.807) is 6.33 Å². The van der Waals surface area contributed by atoms with Crippen molar-refractivity contribution in [3.63, 3.8) is 0 Å². The zero-order chi connectivity index (χ0) is 28.1. The lowest BCUT2D eigenvalue weighted by Gasteiger charge is -2.41. The molecule has 2 aliphatic rings. The van der Waals surface area contributed by atoms with Crippen molar-refractivity contribution in [3.8, 4) is 11.1 Å². The first-order chi connectivity index (χ1) is 19.9. The normalized spacial score (nSPS) is 20.7. The van der Waals surface area contributed by atoms with Gasteiger partial charge in [-0.2, -0.15) is 0 Å². The molecule has 0 bridgehead atoms. The summed E-state index contributed by atoms with van der Waals surface area (Å²) >= 11 is 0. The maximum Gasteiger partial charge on any atom is 0.205 e. The molecule has 0 atom stereocenters. The van der Waals surface area contributed by atoms with Crippen molar-refractivity contribution in [1.29, 1.82) is 0 Å². The molecule has 0 amide bonds. The molecule has 4 N–H and O–H groups in total. The number of nitrogens with zero attached hydrogens (tertiary/aromatic N) is 6. The highest BCUT2D eigenvalue weighted by Crippen LogP contribution is 2.39. The van der Waals surface area contributed by atoms with Gasteiger partial charge in [-0.3, -0.25) is 4.90 Å². The van der Waals surface area contributed by atoms with E-state index in [9.17, 15) is 8.78 Å². The van der Waals surface area contributed by atoms with E-state index in [1.807, 2.05) is 24.3 Å². The van der Waals surface area contributed by atoms with Crippen molar-refractivity contribution < 1.29 is 8.78 Å². The van der Waals surface area contributed by atoms with Crippen molar-refractivity contribution in [2.75, 3.05) is 44.3 Å². The molecule has 1 aliphatic carbocycles. The molecule has 4 heterocycles. The van der Waals surface area contributed by atoms with Crippen LogP contribution < -0.4 is 11.1 Å². The number of benzene rings is 2. The molecule has 9 nitrogen and oxygen atoms in total. The lowest BCUT2D eigenvalue weighted by Crippen LogP contribution is -2.49. The van der Waals surface area contributed by atoms with Gasteiger partial charge < -0.3 is 25.5 Å². The Morgan fingerprint density at radius 1 is 0.927 bits per heavy atom. The molecule has 1 saturated heterocycles. The Balaban J connectivity index is 1.12. The molecule has 1 saturated carbocycles. The number of H-pyrrole nitrogens is 1. The van der Waals surface area contributed by atoms with E-state index in [0.717, 1.165) is 79.0 Å². The zero-order valence-corrected chi connectivity index (χ0v) is 22.9. The average molecular weight is 558 g/mol. The summed E-state index contributed by atoms with van der Waals surface area (Å²) in [6.07, 6.45) is 8.32. The van der Waals surface area contributed by atoms with Gasteiger partial charge in [0.2, 0.25) is 5.95 Å². The number of nitrogens with two attached hydrogens (primary N) is 1. The van der Waals surface area contributed by atoms with Crippen LogP contribution in [-0.2, 0) is 0 Å². The number of hydrogen-bond acceptors (Lipinski definition) is 7. The summed E-state index contributed by atoms with van der Waals surface area (Å²) in [6.45, 7) is 4.61. The third-order valence-electron chi connectivity index (χ3n) is 8.74. The number of halogens is 2. The van der Waals surface area contributed by atoms with Crippen molar-refractivity contribution in [2.45, 2.75) is 37.8 Å². The van der Waals surface area contributed by atoms with E-state index in [2.05, 4.69) is 52.9 Å². The minimum Gasteiger partial charge on any atom is -0.383 e. The molecule has 41 heavy (non-hydrogen) atoms. The molecular formula is C30H33F2N9. The number of piperazine rings is 1. The van der Waals surface area contributed by atoms with Gasteiger partial charge in [-0.05, 0) is 50.4 Å². The van der Waals surface area contributed by atoms with Gasteiger partial charge in [0.15, 0.2) is 11.6 Å². The fraction of sp³-hybridized carbons (Fsp3) is 0.367. The molecule has 3 aromatic heterocycles. The van der Waals surface area contributed by atoms with Gasteiger partial charge in [-0.1, -0.05) is 12.1 Å². The summed E-state index contributed by atoms with van der Waals surface area (Å²) in [6, 6.07) is 11.1. The summed E-state index contributed by atoms with van der Waals surface area (Å²) in [5, 5.41) is 4.05. The number of aromatic amines is 1. The number of aromatic nitrogens is 5. The summed E-state index contributed by atoms with van der Waals surface area (Å²) in [4.78, 5) is 21.4. The maximum absolute atomic E-state index is 13.6. The summed E-state index contributed by atoms with van der Waals surface area (Å²) in [5.41, 5.74) is 10.8. The van der Waals surface area contributed by atoms with Gasteiger partial charge in [0.25, 0.3) is 0 Å².